The average molecular weight is 364 g/mol. The molecule has 2 aromatic carbocycles. The van der Waals surface area contributed by atoms with E-state index in [2.05, 4.69) is 0 Å². The van der Waals surface area contributed by atoms with Crippen molar-refractivity contribution in [3.63, 3.8) is 0 Å². The van der Waals surface area contributed by atoms with E-state index >= 15 is 0 Å². The minimum Gasteiger partial charge on any atom is -0.508 e. The van der Waals surface area contributed by atoms with Gasteiger partial charge in [-0.2, -0.15) is 0 Å². The molecule has 6 nitrogen and oxygen atoms in total. The van der Waals surface area contributed by atoms with Crippen LogP contribution in [0.3, 0.4) is 0 Å². The monoisotopic (exact) mass is 364 g/mol. The van der Waals surface area contributed by atoms with Crippen LogP contribution in [0.5, 0.6) is 23.0 Å². The maximum atomic E-state index is 10.5. The highest BCUT2D eigenvalue weighted by atomic mass is 16.5. The SMILES string of the molecule is CC.CO.Cc1ccc(O)c2c1OC(c1ccc(O)c(O)c1)C(O)C2C. The topological polar surface area (TPSA) is 110 Å². The second-order valence-corrected chi connectivity index (χ2v) is 5.71. The molecule has 1 heterocycles. The number of hydrogen-bond acceptors (Lipinski definition) is 6. The molecule has 2 aromatic rings. The van der Waals surface area contributed by atoms with E-state index in [1.54, 1.807) is 18.2 Å². The molecule has 0 radical (unpaired) electrons. The maximum Gasteiger partial charge on any atom is 0.157 e. The molecule has 1 aliphatic rings. The summed E-state index contributed by atoms with van der Waals surface area (Å²) in [6, 6.07) is 7.67. The third-order valence-corrected chi connectivity index (χ3v) is 4.22. The number of hydrogen-bond donors (Lipinski definition) is 5. The molecular weight excluding hydrogens is 336 g/mol. The summed E-state index contributed by atoms with van der Waals surface area (Å²) in [7, 11) is 1.00. The van der Waals surface area contributed by atoms with Gasteiger partial charge in [-0.3, -0.25) is 0 Å². The van der Waals surface area contributed by atoms with Gasteiger partial charge < -0.3 is 30.3 Å². The van der Waals surface area contributed by atoms with Crippen LogP contribution in [0.2, 0.25) is 0 Å². The molecule has 0 aliphatic carbocycles. The van der Waals surface area contributed by atoms with E-state index in [9.17, 15) is 20.4 Å². The predicted molar refractivity (Wildman–Crippen MR) is 99.9 cm³/mol. The summed E-state index contributed by atoms with van der Waals surface area (Å²) in [4.78, 5) is 0. The molecule has 0 saturated heterocycles. The molecule has 0 fully saturated rings. The van der Waals surface area contributed by atoms with Crippen LogP contribution in [-0.2, 0) is 0 Å². The van der Waals surface area contributed by atoms with E-state index in [1.165, 1.54) is 12.1 Å². The van der Waals surface area contributed by atoms with E-state index in [-0.39, 0.29) is 23.2 Å². The van der Waals surface area contributed by atoms with Gasteiger partial charge in [0.2, 0.25) is 0 Å². The molecule has 1 aliphatic heterocycles. The molecule has 0 bridgehead atoms. The van der Waals surface area contributed by atoms with Crippen LogP contribution in [0.4, 0.5) is 0 Å². The number of phenols is 3. The largest absolute Gasteiger partial charge is 0.508 e. The smallest absolute Gasteiger partial charge is 0.157 e. The first-order chi connectivity index (χ1) is 12.4. The van der Waals surface area contributed by atoms with Gasteiger partial charge >= 0.3 is 0 Å². The van der Waals surface area contributed by atoms with Gasteiger partial charge in [0, 0.05) is 18.6 Å². The molecule has 3 unspecified atom stereocenters. The highest BCUT2D eigenvalue weighted by molar-refractivity contribution is 5.53. The zero-order valence-electron chi connectivity index (χ0n) is 15.8. The molecule has 0 spiro atoms. The molecule has 6 heteroatoms. The molecule has 26 heavy (non-hydrogen) atoms. The fraction of sp³-hybridized carbons (Fsp3) is 0.400. The second kappa shape index (κ2) is 9.31. The van der Waals surface area contributed by atoms with Crippen LogP contribution in [-0.4, -0.2) is 38.7 Å². The van der Waals surface area contributed by atoms with Crippen molar-refractivity contribution in [1.82, 2.24) is 0 Å². The van der Waals surface area contributed by atoms with Gasteiger partial charge in [-0.15, -0.1) is 0 Å². The number of fused-ring (bicyclic) bond motifs is 1. The molecular formula is C20H28O6. The fourth-order valence-electron chi connectivity index (χ4n) is 2.91. The van der Waals surface area contributed by atoms with Crippen molar-refractivity contribution >= 4 is 0 Å². The molecule has 144 valence electrons. The van der Waals surface area contributed by atoms with Gasteiger partial charge in [0.25, 0.3) is 0 Å². The number of aromatic hydroxyl groups is 3. The number of aliphatic hydroxyl groups is 2. The van der Waals surface area contributed by atoms with Crippen molar-refractivity contribution in [2.24, 2.45) is 0 Å². The number of aryl methyl sites for hydroxylation is 1. The summed E-state index contributed by atoms with van der Waals surface area (Å²) in [5.41, 5.74) is 2.01. The summed E-state index contributed by atoms with van der Waals surface area (Å²) in [5.74, 6) is -0.171. The summed E-state index contributed by atoms with van der Waals surface area (Å²) in [6.07, 6.45) is -1.57. The van der Waals surface area contributed by atoms with E-state index in [0.29, 0.717) is 16.9 Å². The molecule has 0 saturated carbocycles. The van der Waals surface area contributed by atoms with Crippen LogP contribution in [0.1, 0.15) is 49.5 Å². The zero-order chi connectivity index (χ0) is 20.0. The summed E-state index contributed by atoms with van der Waals surface area (Å²) < 4.78 is 5.90. The molecule has 3 rings (SSSR count). The third-order valence-electron chi connectivity index (χ3n) is 4.22. The zero-order valence-corrected chi connectivity index (χ0v) is 15.8. The van der Waals surface area contributed by atoms with Gasteiger partial charge in [0.15, 0.2) is 17.6 Å². The molecule has 5 N–H and O–H groups in total. The minimum absolute atomic E-state index is 0.0964. The Morgan fingerprint density at radius 1 is 0.885 bits per heavy atom. The quantitative estimate of drug-likeness (QED) is 0.496. The predicted octanol–water partition coefficient (Wildman–Crippen LogP) is 3.34. The minimum atomic E-state index is -0.885. The van der Waals surface area contributed by atoms with Crippen LogP contribution in [0.25, 0.3) is 0 Å². The first-order valence-corrected chi connectivity index (χ1v) is 8.54. The van der Waals surface area contributed by atoms with E-state index in [4.69, 9.17) is 9.84 Å². The van der Waals surface area contributed by atoms with Crippen molar-refractivity contribution in [3.05, 3.63) is 47.0 Å². The average Bonchev–Trinajstić information content (AvgIpc) is 2.66. The lowest BCUT2D eigenvalue weighted by Crippen LogP contribution is -2.33. The summed E-state index contributed by atoms with van der Waals surface area (Å²) in [6.45, 7) is 7.69. The van der Waals surface area contributed by atoms with Gasteiger partial charge in [-0.25, -0.2) is 0 Å². The third kappa shape index (κ3) is 4.03. The van der Waals surface area contributed by atoms with Crippen molar-refractivity contribution in [3.8, 4) is 23.0 Å². The number of ether oxygens (including phenoxy) is 1. The van der Waals surface area contributed by atoms with E-state index in [1.807, 2.05) is 27.7 Å². The Balaban J connectivity index is 0.000000791. The van der Waals surface area contributed by atoms with Gasteiger partial charge in [0.05, 0.1) is 0 Å². The lowest BCUT2D eigenvalue weighted by atomic mass is 9.84. The Labute approximate surface area is 153 Å². The van der Waals surface area contributed by atoms with Gasteiger partial charge in [-0.05, 0) is 36.2 Å². The van der Waals surface area contributed by atoms with Gasteiger partial charge in [-0.1, -0.05) is 32.9 Å². The lowest BCUT2D eigenvalue weighted by molar-refractivity contribution is 0.00234. The van der Waals surface area contributed by atoms with Gasteiger partial charge in [0.1, 0.15) is 17.6 Å². The molecule has 0 amide bonds. The highest BCUT2D eigenvalue weighted by Crippen LogP contribution is 2.48. The van der Waals surface area contributed by atoms with Crippen molar-refractivity contribution < 1.29 is 30.3 Å². The van der Waals surface area contributed by atoms with Crippen LogP contribution >= 0.6 is 0 Å². The first-order valence-electron chi connectivity index (χ1n) is 8.54. The Kier molecular flexibility index (Phi) is 7.74. The Bertz CT molecular complexity index is 728. The van der Waals surface area contributed by atoms with Crippen molar-refractivity contribution in [2.75, 3.05) is 7.11 Å². The normalized spacial score (nSPS) is 20.5. The molecule has 3 atom stereocenters. The number of rotatable bonds is 1. The van der Waals surface area contributed by atoms with Crippen LogP contribution < -0.4 is 4.74 Å². The first kappa shape index (κ1) is 21.6. The lowest BCUT2D eigenvalue weighted by Gasteiger charge is -2.36. The highest BCUT2D eigenvalue weighted by Gasteiger charge is 2.38. The van der Waals surface area contributed by atoms with E-state index < -0.39 is 12.2 Å². The second-order valence-electron chi connectivity index (χ2n) is 5.71. The fourth-order valence-corrected chi connectivity index (χ4v) is 2.91. The Hall–Kier alpha value is -2.44. The number of aliphatic hydroxyl groups excluding tert-OH is 2. The number of benzene rings is 2. The van der Waals surface area contributed by atoms with E-state index in [0.717, 1.165) is 12.7 Å². The van der Waals surface area contributed by atoms with Crippen LogP contribution in [0.15, 0.2) is 30.3 Å². The Morgan fingerprint density at radius 3 is 2.04 bits per heavy atom. The van der Waals surface area contributed by atoms with Crippen LogP contribution in [0, 0.1) is 6.92 Å². The summed E-state index contributed by atoms with van der Waals surface area (Å²) in [5, 5.41) is 46.6. The standard InChI is InChI=1S/C17H18O5.C2H6.CH4O/c1-8-3-5-12(19)14-9(2)15(21)17(22-16(8)14)10-4-6-11(18)13(20)7-10;2*1-2/h3-7,9,15,17-21H,1-2H3;1-2H3;2H,1H3. The Morgan fingerprint density at radius 2 is 1.46 bits per heavy atom. The number of phenolic OH excluding ortho intramolecular Hbond substituents is 3. The molecule has 0 aromatic heterocycles. The summed E-state index contributed by atoms with van der Waals surface area (Å²) >= 11 is 0. The maximum absolute atomic E-state index is 10.5. The van der Waals surface area contributed by atoms with Crippen molar-refractivity contribution in [1.29, 1.82) is 0 Å². The van der Waals surface area contributed by atoms with Crippen molar-refractivity contribution in [2.45, 2.75) is 45.8 Å².